The number of carbonyl (C=O) groups excluding carboxylic acids is 3. The van der Waals surface area contributed by atoms with E-state index in [4.69, 9.17) is 9.47 Å². The van der Waals surface area contributed by atoms with Crippen molar-refractivity contribution in [2.24, 2.45) is 0 Å². The van der Waals surface area contributed by atoms with Crippen LogP contribution in [0.15, 0.2) is 16.1 Å². The Morgan fingerprint density at radius 3 is 2.37 bits per heavy atom. The van der Waals surface area contributed by atoms with E-state index in [-0.39, 0.29) is 24.7 Å². The van der Waals surface area contributed by atoms with E-state index >= 15 is 0 Å². The molecule has 0 spiro atoms. The predicted octanol–water partition coefficient (Wildman–Crippen LogP) is 4.25. The first kappa shape index (κ1) is 22.5. The zero-order valence-electron chi connectivity index (χ0n) is 17.2. The second-order valence-electron chi connectivity index (χ2n) is 6.88. The summed E-state index contributed by atoms with van der Waals surface area (Å²) in [5.74, 6) is -1.12. The minimum atomic E-state index is -0.525. The van der Waals surface area contributed by atoms with Gasteiger partial charge >= 0.3 is 11.9 Å². The highest BCUT2D eigenvalue weighted by molar-refractivity contribution is 7.15. The standard InChI is InChI=1S/C21H26N2O5S2/c1-3-27-20(25)16-12-29-11-14(16)15-13-30-19(18(15)21(26)28-4-2)22-17(24)10-23-8-6-5-7-9-23/h11-13H,3-10H2,1-2H3,(H,22,24). The number of rotatable bonds is 8. The van der Waals surface area contributed by atoms with Crippen LogP contribution in [0, 0.1) is 0 Å². The van der Waals surface area contributed by atoms with Gasteiger partial charge in [0, 0.05) is 21.9 Å². The molecule has 0 bridgehead atoms. The van der Waals surface area contributed by atoms with Crippen LogP contribution >= 0.6 is 22.7 Å². The summed E-state index contributed by atoms with van der Waals surface area (Å²) in [4.78, 5) is 39.8. The SMILES string of the molecule is CCOC(=O)c1cscc1-c1csc(NC(=O)CN2CCCCC2)c1C(=O)OCC. The molecule has 3 heterocycles. The smallest absolute Gasteiger partial charge is 0.341 e. The van der Waals surface area contributed by atoms with E-state index in [0.717, 1.165) is 25.9 Å². The van der Waals surface area contributed by atoms with Gasteiger partial charge in [0.05, 0.1) is 25.3 Å². The Morgan fingerprint density at radius 1 is 0.967 bits per heavy atom. The highest BCUT2D eigenvalue weighted by Gasteiger charge is 2.27. The van der Waals surface area contributed by atoms with Crippen LogP contribution in [0.25, 0.3) is 11.1 Å². The third kappa shape index (κ3) is 5.27. The number of nitrogens with one attached hydrogen (secondary N) is 1. The molecule has 1 aliphatic heterocycles. The van der Waals surface area contributed by atoms with Gasteiger partial charge in [0.25, 0.3) is 0 Å². The monoisotopic (exact) mass is 450 g/mol. The molecule has 30 heavy (non-hydrogen) atoms. The Labute approximate surface area is 184 Å². The van der Waals surface area contributed by atoms with Gasteiger partial charge in [-0.05, 0) is 45.2 Å². The van der Waals surface area contributed by atoms with Gasteiger partial charge in [-0.1, -0.05) is 6.42 Å². The largest absolute Gasteiger partial charge is 0.462 e. The molecular formula is C21H26N2O5S2. The number of esters is 2. The van der Waals surface area contributed by atoms with Crippen molar-refractivity contribution in [2.45, 2.75) is 33.1 Å². The van der Waals surface area contributed by atoms with Crippen molar-refractivity contribution in [2.75, 3.05) is 38.2 Å². The van der Waals surface area contributed by atoms with E-state index in [1.54, 1.807) is 30.0 Å². The summed E-state index contributed by atoms with van der Waals surface area (Å²) in [7, 11) is 0. The molecule has 0 aromatic carbocycles. The number of anilines is 1. The normalized spacial score (nSPS) is 14.3. The second-order valence-corrected chi connectivity index (χ2v) is 8.50. The van der Waals surface area contributed by atoms with Crippen LogP contribution in [-0.4, -0.2) is 55.6 Å². The fraction of sp³-hybridized carbons (Fsp3) is 0.476. The number of likely N-dealkylation sites (tertiary alicyclic amines) is 1. The van der Waals surface area contributed by atoms with Crippen molar-refractivity contribution in [1.82, 2.24) is 4.90 Å². The van der Waals surface area contributed by atoms with Crippen LogP contribution in [0.5, 0.6) is 0 Å². The molecule has 1 fully saturated rings. The number of amides is 1. The maximum absolute atomic E-state index is 12.7. The average Bonchev–Trinajstić information content (AvgIpc) is 3.36. The number of hydrogen-bond acceptors (Lipinski definition) is 8. The number of thiophene rings is 2. The zero-order valence-corrected chi connectivity index (χ0v) is 18.8. The van der Waals surface area contributed by atoms with Crippen molar-refractivity contribution in [3.05, 3.63) is 27.3 Å². The minimum absolute atomic E-state index is 0.160. The summed E-state index contributed by atoms with van der Waals surface area (Å²) in [5, 5.41) is 8.59. The molecule has 2 aromatic rings. The van der Waals surface area contributed by atoms with Crippen LogP contribution in [0.1, 0.15) is 53.8 Å². The molecule has 0 saturated carbocycles. The topological polar surface area (TPSA) is 84.9 Å². The second kappa shape index (κ2) is 10.7. The van der Waals surface area contributed by atoms with Gasteiger partial charge in [0.2, 0.25) is 5.91 Å². The van der Waals surface area contributed by atoms with E-state index in [9.17, 15) is 14.4 Å². The van der Waals surface area contributed by atoms with E-state index in [1.165, 1.54) is 29.1 Å². The van der Waals surface area contributed by atoms with Gasteiger partial charge < -0.3 is 14.8 Å². The van der Waals surface area contributed by atoms with Crippen LogP contribution in [-0.2, 0) is 14.3 Å². The molecule has 1 aliphatic rings. The molecule has 162 valence electrons. The van der Waals surface area contributed by atoms with Crippen LogP contribution in [0.2, 0.25) is 0 Å². The molecule has 2 aromatic heterocycles. The summed E-state index contributed by atoms with van der Waals surface area (Å²) < 4.78 is 10.4. The van der Waals surface area contributed by atoms with Gasteiger partial charge in [0.15, 0.2) is 0 Å². The molecule has 0 aliphatic carbocycles. The Bertz CT molecular complexity index is 899. The van der Waals surface area contributed by atoms with Gasteiger partial charge in [0.1, 0.15) is 10.6 Å². The first-order valence-corrected chi connectivity index (χ1v) is 11.9. The van der Waals surface area contributed by atoms with Gasteiger partial charge in [-0.2, -0.15) is 11.3 Å². The van der Waals surface area contributed by atoms with Gasteiger partial charge in [-0.3, -0.25) is 9.69 Å². The third-order valence-electron chi connectivity index (χ3n) is 4.79. The first-order valence-electron chi connectivity index (χ1n) is 10.1. The Kier molecular flexibility index (Phi) is 8.01. The Balaban J connectivity index is 1.87. The van der Waals surface area contributed by atoms with E-state index in [2.05, 4.69) is 10.2 Å². The maximum Gasteiger partial charge on any atom is 0.341 e. The van der Waals surface area contributed by atoms with Crippen molar-refractivity contribution < 1.29 is 23.9 Å². The van der Waals surface area contributed by atoms with E-state index in [0.29, 0.717) is 28.2 Å². The van der Waals surface area contributed by atoms with E-state index < -0.39 is 11.9 Å². The van der Waals surface area contributed by atoms with Crippen molar-refractivity contribution in [1.29, 1.82) is 0 Å². The number of piperidine rings is 1. The van der Waals surface area contributed by atoms with Crippen LogP contribution < -0.4 is 5.32 Å². The van der Waals surface area contributed by atoms with Crippen LogP contribution in [0.3, 0.4) is 0 Å². The molecule has 1 amide bonds. The van der Waals surface area contributed by atoms with Gasteiger partial charge in [-0.15, -0.1) is 11.3 Å². The molecule has 3 rings (SSSR count). The number of carbonyl (C=O) groups is 3. The zero-order chi connectivity index (χ0) is 21.5. The summed E-state index contributed by atoms with van der Waals surface area (Å²) in [5.41, 5.74) is 1.85. The Hall–Kier alpha value is -2.23. The van der Waals surface area contributed by atoms with E-state index in [1.807, 2.05) is 0 Å². The molecule has 0 radical (unpaired) electrons. The quantitative estimate of drug-likeness (QED) is 0.605. The predicted molar refractivity (Wildman–Crippen MR) is 118 cm³/mol. The van der Waals surface area contributed by atoms with Gasteiger partial charge in [-0.25, -0.2) is 9.59 Å². The van der Waals surface area contributed by atoms with Crippen LogP contribution in [0.4, 0.5) is 5.00 Å². The number of nitrogens with zero attached hydrogens (tertiary/aromatic N) is 1. The minimum Gasteiger partial charge on any atom is -0.462 e. The number of hydrogen-bond donors (Lipinski definition) is 1. The molecule has 0 atom stereocenters. The summed E-state index contributed by atoms with van der Waals surface area (Å²) in [6.07, 6.45) is 3.39. The lowest BCUT2D eigenvalue weighted by atomic mass is 10.0. The fourth-order valence-corrected chi connectivity index (χ4v) is 5.20. The highest BCUT2D eigenvalue weighted by Crippen LogP contribution is 2.39. The van der Waals surface area contributed by atoms with Crippen molar-refractivity contribution in [3.8, 4) is 11.1 Å². The summed E-state index contributed by atoms with van der Waals surface area (Å²) in [6, 6.07) is 0. The first-order chi connectivity index (χ1) is 14.5. The average molecular weight is 451 g/mol. The lowest BCUT2D eigenvalue weighted by Crippen LogP contribution is -2.36. The molecule has 9 heteroatoms. The number of ether oxygens (including phenoxy) is 2. The summed E-state index contributed by atoms with van der Waals surface area (Å²) >= 11 is 2.61. The third-order valence-corrected chi connectivity index (χ3v) is 6.43. The molecular weight excluding hydrogens is 424 g/mol. The molecule has 1 saturated heterocycles. The lowest BCUT2D eigenvalue weighted by Gasteiger charge is -2.25. The molecule has 0 unspecified atom stereocenters. The maximum atomic E-state index is 12.7. The lowest BCUT2D eigenvalue weighted by molar-refractivity contribution is -0.117. The molecule has 1 N–H and O–H groups in total. The van der Waals surface area contributed by atoms with Crippen molar-refractivity contribution in [3.63, 3.8) is 0 Å². The fourth-order valence-electron chi connectivity index (χ4n) is 3.41. The molecule has 7 nitrogen and oxygen atoms in total. The summed E-state index contributed by atoms with van der Waals surface area (Å²) in [6.45, 7) is 6.06. The highest BCUT2D eigenvalue weighted by atomic mass is 32.1. The Morgan fingerprint density at radius 2 is 1.67 bits per heavy atom. The van der Waals surface area contributed by atoms with Crippen molar-refractivity contribution >= 4 is 45.5 Å².